The highest BCUT2D eigenvalue weighted by Gasteiger charge is 2.19. The summed E-state index contributed by atoms with van der Waals surface area (Å²) < 4.78 is 0. The highest BCUT2D eigenvalue weighted by Crippen LogP contribution is 2.26. The van der Waals surface area contributed by atoms with Gasteiger partial charge in [-0.15, -0.1) is 0 Å². The Labute approximate surface area is 178 Å². The standard InChI is InChI=1S/C25H29N5/c1-19-17-24(27-22-9-11-23(12-10-22)29-14-5-2-6-15-29)28-25(26-19)30-16-13-20-7-3-4-8-21(20)18-30/h3-4,7-12,17H,2,5-6,13-16,18H2,1H3,(H,26,27,28). The molecule has 0 radical (unpaired) electrons. The van der Waals surface area contributed by atoms with Crippen molar-refractivity contribution in [1.29, 1.82) is 0 Å². The van der Waals surface area contributed by atoms with Crippen LogP contribution in [0.3, 0.4) is 0 Å². The molecule has 1 aromatic heterocycles. The summed E-state index contributed by atoms with van der Waals surface area (Å²) in [6.07, 6.45) is 4.98. The van der Waals surface area contributed by atoms with E-state index >= 15 is 0 Å². The third-order valence-corrected chi connectivity index (χ3v) is 6.12. The molecule has 5 nitrogen and oxygen atoms in total. The van der Waals surface area contributed by atoms with Gasteiger partial charge in [0.05, 0.1) is 0 Å². The second-order valence-corrected chi connectivity index (χ2v) is 8.35. The van der Waals surface area contributed by atoms with E-state index in [1.165, 1.54) is 49.2 Å². The van der Waals surface area contributed by atoms with Crippen LogP contribution in [0.15, 0.2) is 54.6 Å². The normalized spacial score (nSPS) is 16.3. The van der Waals surface area contributed by atoms with Crippen molar-refractivity contribution in [3.05, 3.63) is 71.4 Å². The summed E-state index contributed by atoms with van der Waals surface area (Å²) in [5, 5.41) is 3.48. The average Bonchev–Trinajstić information content (AvgIpc) is 2.79. The lowest BCUT2D eigenvalue weighted by Gasteiger charge is -2.29. The molecule has 2 aromatic carbocycles. The molecule has 2 aliphatic heterocycles. The molecular formula is C25H29N5. The van der Waals surface area contributed by atoms with E-state index in [1.807, 2.05) is 13.0 Å². The molecule has 0 saturated carbocycles. The highest BCUT2D eigenvalue weighted by atomic mass is 15.3. The second kappa shape index (κ2) is 8.34. The minimum absolute atomic E-state index is 0.803. The SMILES string of the molecule is Cc1cc(Nc2ccc(N3CCCCC3)cc2)nc(N2CCc3ccccc3C2)n1. The molecule has 5 rings (SSSR count). The van der Waals surface area contributed by atoms with E-state index in [0.717, 1.165) is 42.7 Å². The Morgan fingerprint density at radius 3 is 2.37 bits per heavy atom. The van der Waals surface area contributed by atoms with Crippen LogP contribution >= 0.6 is 0 Å². The Bertz CT molecular complexity index is 1010. The molecule has 0 bridgehead atoms. The first-order valence-corrected chi connectivity index (χ1v) is 11.0. The molecule has 0 atom stereocenters. The van der Waals surface area contributed by atoms with Crippen LogP contribution in [-0.4, -0.2) is 29.6 Å². The molecule has 1 N–H and O–H groups in total. The Hall–Kier alpha value is -3.08. The molecular weight excluding hydrogens is 370 g/mol. The van der Waals surface area contributed by atoms with E-state index in [4.69, 9.17) is 9.97 Å². The topological polar surface area (TPSA) is 44.3 Å². The van der Waals surface area contributed by atoms with Crippen molar-refractivity contribution < 1.29 is 0 Å². The van der Waals surface area contributed by atoms with Crippen molar-refractivity contribution in [2.45, 2.75) is 39.2 Å². The van der Waals surface area contributed by atoms with Gasteiger partial charge in [0.2, 0.25) is 5.95 Å². The van der Waals surface area contributed by atoms with Gasteiger partial charge in [-0.25, -0.2) is 4.98 Å². The number of fused-ring (bicyclic) bond motifs is 1. The van der Waals surface area contributed by atoms with E-state index in [-0.39, 0.29) is 0 Å². The number of aromatic nitrogens is 2. The largest absolute Gasteiger partial charge is 0.372 e. The van der Waals surface area contributed by atoms with Gasteiger partial charge in [0, 0.05) is 49.3 Å². The number of rotatable bonds is 4. The fraction of sp³-hybridized carbons (Fsp3) is 0.360. The minimum atomic E-state index is 0.803. The number of aryl methyl sites for hydroxylation is 1. The molecule has 3 aromatic rings. The maximum atomic E-state index is 4.83. The van der Waals surface area contributed by atoms with Gasteiger partial charge in [-0.1, -0.05) is 24.3 Å². The van der Waals surface area contributed by atoms with E-state index in [9.17, 15) is 0 Å². The summed E-state index contributed by atoms with van der Waals surface area (Å²) in [5.41, 5.74) is 6.16. The number of piperidine rings is 1. The van der Waals surface area contributed by atoms with E-state index in [2.05, 4.69) is 63.6 Å². The predicted octanol–water partition coefficient (Wildman–Crippen LogP) is 5.08. The average molecular weight is 400 g/mol. The van der Waals surface area contributed by atoms with Crippen molar-refractivity contribution in [2.24, 2.45) is 0 Å². The fourth-order valence-electron chi connectivity index (χ4n) is 4.48. The van der Waals surface area contributed by atoms with Crippen molar-refractivity contribution >= 4 is 23.1 Å². The van der Waals surface area contributed by atoms with Gasteiger partial charge in [-0.3, -0.25) is 0 Å². The van der Waals surface area contributed by atoms with Gasteiger partial charge in [-0.2, -0.15) is 4.98 Å². The maximum Gasteiger partial charge on any atom is 0.227 e. The number of anilines is 4. The molecule has 0 unspecified atom stereocenters. The number of nitrogens with zero attached hydrogens (tertiary/aromatic N) is 4. The second-order valence-electron chi connectivity index (χ2n) is 8.35. The van der Waals surface area contributed by atoms with Crippen molar-refractivity contribution in [3.63, 3.8) is 0 Å². The summed E-state index contributed by atoms with van der Waals surface area (Å²) in [4.78, 5) is 14.3. The lowest BCUT2D eigenvalue weighted by molar-refractivity contribution is 0.578. The molecule has 5 heteroatoms. The third kappa shape index (κ3) is 4.11. The molecule has 0 spiro atoms. The zero-order valence-corrected chi connectivity index (χ0v) is 17.6. The van der Waals surface area contributed by atoms with Crippen LogP contribution in [0.1, 0.15) is 36.1 Å². The van der Waals surface area contributed by atoms with Crippen LogP contribution in [0.2, 0.25) is 0 Å². The van der Waals surface area contributed by atoms with Crippen LogP contribution in [0, 0.1) is 6.92 Å². The number of nitrogens with one attached hydrogen (secondary N) is 1. The minimum Gasteiger partial charge on any atom is -0.372 e. The van der Waals surface area contributed by atoms with Gasteiger partial charge in [0.1, 0.15) is 5.82 Å². The molecule has 154 valence electrons. The molecule has 1 saturated heterocycles. The summed E-state index contributed by atoms with van der Waals surface area (Å²) in [6.45, 7) is 6.18. The lowest BCUT2D eigenvalue weighted by Crippen LogP contribution is -2.32. The Morgan fingerprint density at radius 2 is 1.57 bits per heavy atom. The quantitative estimate of drug-likeness (QED) is 0.663. The Balaban J connectivity index is 1.31. The first-order chi connectivity index (χ1) is 14.7. The Kier molecular flexibility index (Phi) is 5.26. The first-order valence-electron chi connectivity index (χ1n) is 11.0. The summed E-state index contributed by atoms with van der Waals surface area (Å²) in [7, 11) is 0. The van der Waals surface area contributed by atoms with Crippen molar-refractivity contribution in [3.8, 4) is 0 Å². The van der Waals surface area contributed by atoms with Crippen LogP contribution < -0.4 is 15.1 Å². The third-order valence-electron chi connectivity index (χ3n) is 6.12. The number of benzene rings is 2. The molecule has 0 aliphatic carbocycles. The summed E-state index contributed by atoms with van der Waals surface area (Å²) in [6, 6.07) is 19.4. The molecule has 30 heavy (non-hydrogen) atoms. The van der Waals surface area contributed by atoms with Crippen molar-refractivity contribution in [1.82, 2.24) is 9.97 Å². The van der Waals surface area contributed by atoms with Gasteiger partial charge in [-0.05, 0) is 68.0 Å². The van der Waals surface area contributed by atoms with Crippen LogP contribution in [0.5, 0.6) is 0 Å². The van der Waals surface area contributed by atoms with Gasteiger partial charge in [0.25, 0.3) is 0 Å². The zero-order valence-electron chi connectivity index (χ0n) is 17.6. The van der Waals surface area contributed by atoms with Gasteiger partial charge < -0.3 is 15.1 Å². The predicted molar refractivity (Wildman–Crippen MR) is 124 cm³/mol. The van der Waals surface area contributed by atoms with Crippen LogP contribution in [0.4, 0.5) is 23.1 Å². The zero-order chi connectivity index (χ0) is 20.3. The molecule has 1 fully saturated rings. The monoisotopic (exact) mass is 399 g/mol. The maximum absolute atomic E-state index is 4.83. The fourth-order valence-corrected chi connectivity index (χ4v) is 4.48. The van der Waals surface area contributed by atoms with Crippen molar-refractivity contribution in [2.75, 3.05) is 34.8 Å². The number of hydrogen-bond donors (Lipinski definition) is 1. The lowest BCUT2D eigenvalue weighted by atomic mass is 10.0. The van der Waals surface area contributed by atoms with Crippen LogP contribution in [0.25, 0.3) is 0 Å². The first kappa shape index (κ1) is 18.9. The van der Waals surface area contributed by atoms with Crippen LogP contribution in [-0.2, 0) is 13.0 Å². The molecule has 0 amide bonds. The molecule has 3 heterocycles. The summed E-state index contributed by atoms with van der Waals surface area (Å²) >= 11 is 0. The highest BCUT2D eigenvalue weighted by molar-refractivity contribution is 5.62. The number of hydrogen-bond acceptors (Lipinski definition) is 5. The summed E-state index contributed by atoms with van der Waals surface area (Å²) in [5.74, 6) is 1.65. The Morgan fingerprint density at radius 1 is 0.800 bits per heavy atom. The smallest absolute Gasteiger partial charge is 0.227 e. The molecule has 2 aliphatic rings. The van der Waals surface area contributed by atoms with Gasteiger partial charge >= 0.3 is 0 Å². The van der Waals surface area contributed by atoms with E-state index in [0.29, 0.717) is 0 Å². The van der Waals surface area contributed by atoms with E-state index < -0.39 is 0 Å². The van der Waals surface area contributed by atoms with E-state index in [1.54, 1.807) is 0 Å². The van der Waals surface area contributed by atoms with Gasteiger partial charge in [0.15, 0.2) is 0 Å².